The van der Waals surface area contributed by atoms with Crippen LogP contribution in [0.15, 0.2) is 79.4 Å². The van der Waals surface area contributed by atoms with Crippen LogP contribution in [0, 0.1) is 0 Å². The molecule has 2 aliphatic heterocycles. The quantitative estimate of drug-likeness (QED) is 0.232. The molecule has 4 aromatic rings. The Morgan fingerprint density at radius 1 is 0.902 bits per heavy atom. The van der Waals surface area contributed by atoms with Crippen LogP contribution in [0.4, 0.5) is 5.69 Å². The molecule has 2 saturated heterocycles. The van der Waals surface area contributed by atoms with Crippen molar-refractivity contribution < 1.29 is 14.2 Å². The second-order valence-electron chi connectivity index (χ2n) is 10.2. The highest BCUT2D eigenvalue weighted by Crippen LogP contribution is 2.40. The molecule has 2 aliphatic rings. The molecule has 2 fully saturated rings. The first-order chi connectivity index (χ1) is 20.0. The number of ether oxygens (including phenoxy) is 3. The number of anilines is 1. The van der Waals surface area contributed by atoms with Crippen molar-refractivity contribution in [1.82, 2.24) is 19.7 Å². The molecule has 214 valence electrons. The first-order valence-corrected chi connectivity index (χ1v) is 14.6. The molecule has 0 spiro atoms. The predicted molar refractivity (Wildman–Crippen MR) is 160 cm³/mol. The summed E-state index contributed by atoms with van der Waals surface area (Å²) in [5.74, 6) is -0.361. The van der Waals surface area contributed by atoms with Crippen molar-refractivity contribution in [1.29, 1.82) is 0 Å². The zero-order valence-corrected chi connectivity index (χ0v) is 24.6. The molecule has 41 heavy (non-hydrogen) atoms. The summed E-state index contributed by atoms with van der Waals surface area (Å²) in [5.41, 5.74) is 3.15. The fraction of sp³-hybridized carbons (Fsp3) is 0.333. The predicted octanol–water partition coefficient (Wildman–Crippen LogP) is 5.91. The van der Waals surface area contributed by atoms with E-state index < -0.39 is 5.79 Å². The van der Waals surface area contributed by atoms with E-state index in [9.17, 15) is 0 Å². The highest BCUT2D eigenvalue weighted by molar-refractivity contribution is 6.35. The maximum atomic E-state index is 6.56. The van der Waals surface area contributed by atoms with E-state index in [1.54, 1.807) is 23.1 Å². The molecule has 2 atom stereocenters. The van der Waals surface area contributed by atoms with Crippen molar-refractivity contribution in [2.45, 2.75) is 25.0 Å². The Kier molecular flexibility index (Phi) is 8.67. The third kappa shape index (κ3) is 6.80. The monoisotopic (exact) mass is 613 g/mol. The van der Waals surface area contributed by atoms with Gasteiger partial charge in [0.2, 0.25) is 5.79 Å². The largest absolute Gasteiger partial charge is 0.491 e. The average Bonchev–Trinajstić information content (AvgIpc) is 3.64. The molecule has 3 aromatic carbocycles. The topological polar surface area (TPSA) is 64.9 Å². The van der Waals surface area contributed by atoms with Crippen molar-refractivity contribution >= 4 is 40.5 Å². The second-order valence-corrected chi connectivity index (χ2v) is 11.5. The Bertz CT molecular complexity index is 1430. The SMILES string of the molecule is Clc1ccc(CN2CCN(c3ccc(OC[C@@H]4CO[C@@](Cn5cncn5)(c5ccc(Cl)cc5Cl)O4)cc3)CC2)cc1. The smallest absolute Gasteiger partial charge is 0.217 e. The van der Waals surface area contributed by atoms with Gasteiger partial charge in [0.15, 0.2) is 0 Å². The van der Waals surface area contributed by atoms with Crippen molar-refractivity contribution in [3.63, 3.8) is 0 Å². The fourth-order valence-corrected chi connectivity index (χ4v) is 5.92. The van der Waals surface area contributed by atoms with Gasteiger partial charge in [0.05, 0.1) is 11.6 Å². The number of aromatic nitrogens is 3. The molecule has 0 bridgehead atoms. The van der Waals surface area contributed by atoms with E-state index >= 15 is 0 Å². The number of hydrogen-bond acceptors (Lipinski definition) is 7. The summed E-state index contributed by atoms with van der Waals surface area (Å²) in [6.07, 6.45) is 2.78. The van der Waals surface area contributed by atoms with E-state index in [2.05, 4.69) is 44.1 Å². The van der Waals surface area contributed by atoms with E-state index in [1.165, 1.54) is 17.6 Å². The lowest BCUT2D eigenvalue weighted by Crippen LogP contribution is -2.45. The lowest BCUT2D eigenvalue weighted by molar-refractivity contribution is -0.190. The molecule has 6 rings (SSSR count). The van der Waals surface area contributed by atoms with Gasteiger partial charge in [0, 0.05) is 54.0 Å². The molecule has 0 unspecified atom stereocenters. The van der Waals surface area contributed by atoms with Gasteiger partial charge in [0.25, 0.3) is 0 Å². The van der Waals surface area contributed by atoms with Gasteiger partial charge in [0.1, 0.15) is 37.7 Å². The standard InChI is InChI=1S/C30H30Cl3N5O3/c31-23-3-1-22(2-4-23)16-36-11-13-37(14-12-36)25-6-8-26(9-7-25)39-17-27-18-40-30(41-27,19-38-21-34-20-35-38)28-10-5-24(32)15-29(28)33/h1-10,15,20-21,27H,11-14,16-19H2/t27-,30-/m1/s1. The summed E-state index contributed by atoms with van der Waals surface area (Å²) < 4.78 is 20.4. The van der Waals surface area contributed by atoms with Gasteiger partial charge in [-0.15, -0.1) is 0 Å². The normalized spacial score (nSPS) is 21.3. The van der Waals surface area contributed by atoms with Gasteiger partial charge in [-0.2, -0.15) is 5.10 Å². The summed E-state index contributed by atoms with van der Waals surface area (Å²) >= 11 is 18.7. The van der Waals surface area contributed by atoms with E-state index in [4.69, 9.17) is 49.0 Å². The Labute approximate surface area is 254 Å². The summed E-state index contributed by atoms with van der Waals surface area (Å²) in [6.45, 7) is 5.85. The zero-order chi connectivity index (χ0) is 28.2. The van der Waals surface area contributed by atoms with Gasteiger partial charge < -0.3 is 19.1 Å². The molecule has 1 aromatic heterocycles. The van der Waals surface area contributed by atoms with E-state index in [0.29, 0.717) is 28.8 Å². The Morgan fingerprint density at radius 2 is 1.66 bits per heavy atom. The molecule has 3 heterocycles. The van der Waals surface area contributed by atoms with Crippen LogP contribution in [0.1, 0.15) is 11.1 Å². The summed E-state index contributed by atoms with van der Waals surface area (Å²) in [4.78, 5) is 8.92. The van der Waals surface area contributed by atoms with Gasteiger partial charge in [-0.05, 0) is 54.1 Å². The van der Waals surface area contributed by atoms with Crippen molar-refractivity contribution in [2.24, 2.45) is 0 Å². The van der Waals surface area contributed by atoms with Crippen LogP contribution in [0.2, 0.25) is 15.1 Å². The molecule has 0 amide bonds. The molecule has 0 saturated carbocycles. The minimum Gasteiger partial charge on any atom is -0.491 e. The van der Waals surface area contributed by atoms with Crippen LogP contribution < -0.4 is 9.64 Å². The van der Waals surface area contributed by atoms with Crippen LogP contribution in [-0.2, 0) is 28.4 Å². The maximum absolute atomic E-state index is 6.56. The zero-order valence-electron chi connectivity index (χ0n) is 22.3. The van der Waals surface area contributed by atoms with Gasteiger partial charge in [-0.25, -0.2) is 9.67 Å². The number of rotatable bonds is 9. The van der Waals surface area contributed by atoms with Crippen LogP contribution in [0.3, 0.4) is 0 Å². The van der Waals surface area contributed by atoms with Gasteiger partial charge in [-0.1, -0.05) is 53.0 Å². The maximum Gasteiger partial charge on any atom is 0.217 e. The van der Waals surface area contributed by atoms with E-state index in [1.807, 2.05) is 30.3 Å². The average molecular weight is 615 g/mol. The highest BCUT2D eigenvalue weighted by atomic mass is 35.5. The molecular weight excluding hydrogens is 585 g/mol. The minimum atomic E-state index is -1.14. The van der Waals surface area contributed by atoms with Crippen LogP contribution in [0.25, 0.3) is 0 Å². The minimum absolute atomic E-state index is 0.284. The summed E-state index contributed by atoms with van der Waals surface area (Å²) in [7, 11) is 0. The van der Waals surface area contributed by atoms with Crippen LogP contribution in [0.5, 0.6) is 5.75 Å². The number of benzene rings is 3. The Balaban J connectivity index is 1.03. The van der Waals surface area contributed by atoms with E-state index in [-0.39, 0.29) is 12.6 Å². The van der Waals surface area contributed by atoms with Crippen molar-refractivity contribution in [2.75, 3.05) is 44.3 Å². The Morgan fingerprint density at radius 3 is 2.37 bits per heavy atom. The van der Waals surface area contributed by atoms with Crippen LogP contribution >= 0.6 is 34.8 Å². The van der Waals surface area contributed by atoms with Crippen LogP contribution in [-0.4, -0.2) is 65.2 Å². The third-order valence-corrected chi connectivity index (χ3v) is 8.17. The molecule has 11 heteroatoms. The molecule has 0 aliphatic carbocycles. The first-order valence-electron chi connectivity index (χ1n) is 13.5. The number of nitrogens with zero attached hydrogens (tertiary/aromatic N) is 5. The lowest BCUT2D eigenvalue weighted by Gasteiger charge is -2.36. The second kappa shape index (κ2) is 12.6. The van der Waals surface area contributed by atoms with Crippen molar-refractivity contribution in [3.8, 4) is 5.75 Å². The lowest BCUT2D eigenvalue weighted by atomic mass is 10.1. The molecule has 0 N–H and O–H groups in total. The number of piperazine rings is 1. The number of halogens is 3. The highest BCUT2D eigenvalue weighted by Gasteiger charge is 2.45. The fourth-order valence-electron chi connectivity index (χ4n) is 5.24. The van der Waals surface area contributed by atoms with Gasteiger partial charge >= 0.3 is 0 Å². The first kappa shape index (κ1) is 28.3. The number of hydrogen-bond donors (Lipinski definition) is 0. The van der Waals surface area contributed by atoms with Gasteiger partial charge in [-0.3, -0.25) is 4.90 Å². The summed E-state index contributed by atoms with van der Waals surface area (Å²) in [5, 5.41) is 5.99. The summed E-state index contributed by atoms with van der Waals surface area (Å²) in [6, 6.07) is 21.6. The third-order valence-electron chi connectivity index (χ3n) is 7.37. The van der Waals surface area contributed by atoms with Crippen molar-refractivity contribution in [3.05, 3.63) is 106 Å². The van der Waals surface area contributed by atoms with E-state index in [0.717, 1.165) is 43.5 Å². The Hall–Kier alpha value is -2.85. The molecule has 0 radical (unpaired) electrons. The molecular formula is C30H30Cl3N5O3. The molecule has 8 nitrogen and oxygen atoms in total.